The third-order valence-corrected chi connectivity index (χ3v) is 9.00. The molecule has 2 unspecified atom stereocenters. The van der Waals surface area contributed by atoms with Gasteiger partial charge in [0.1, 0.15) is 12.4 Å². The van der Waals surface area contributed by atoms with Crippen LogP contribution in [0.3, 0.4) is 0 Å². The Hall–Kier alpha value is -2.82. The van der Waals surface area contributed by atoms with Crippen molar-refractivity contribution in [2.45, 2.75) is 70.4 Å². The number of anilines is 1. The summed E-state index contributed by atoms with van der Waals surface area (Å²) >= 11 is 0. The van der Waals surface area contributed by atoms with Gasteiger partial charge in [0.15, 0.2) is 0 Å². The normalized spacial score (nSPS) is 33.1. The molecule has 34 heavy (non-hydrogen) atoms. The predicted octanol–water partition coefficient (Wildman–Crippen LogP) is 5.78. The molecule has 0 spiro atoms. The van der Waals surface area contributed by atoms with Crippen LogP contribution in [-0.4, -0.2) is 23.0 Å². The van der Waals surface area contributed by atoms with Crippen LogP contribution < -0.4 is 9.64 Å². The van der Waals surface area contributed by atoms with Gasteiger partial charge in [0.2, 0.25) is 5.91 Å². The highest BCUT2D eigenvalue weighted by molar-refractivity contribution is 6.01. The molecular weight excluding hydrogens is 426 g/mol. The fraction of sp³-hybridized carbons (Fsp3) is 0.517. The van der Waals surface area contributed by atoms with Crippen LogP contribution in [0.5, 0.6) is 5.75 Å². The van der Waals surface area contributed by atoms with Gasteiger partial charge in [-0.1, -0.05) is 30.3 Å². The first-order chi connectivity index (χ1) is 16.4. The summed E-state index contributed by atoms with van der Waals surface area (Å²) in [5, 5.41) is 9.66. The Balaban J connectivity index is 1.31. The van der Waals surface area contributed by atoms with E-state index in [1.807, 2.05) is 60.4 Å². The number of fused-ring (bicyclic) bond motifs is 1. The summed E-state index contributed by atoms with van der Waals surface area (Å²) in [4.78, 5) is 28.0. The van der Waals surface area contributed by atoms with Crippen molar-refractivity contribution in [3.63, 3.8) is 0 Å². The third kappa shape index (κ3) is 3.60. The van der Waals surface area contributed by atoms with Crippen molar-refractivity contribution < 1.29 is 19.4 Å². The van der Waals surface area contributed by atoms with Gasteiger partial charge in [-0.2, -0.15) is 0 Å². The van der Waals surface area contributed by atoms with Crippen LogP contribution in [0, 0.1) is 23.2 Å². The second kappa shape index (κ2) is 8.14. The lowest BCUT2D eigenvalue weighted by atomic mass is 9.49. The van der Waals surface area contributed by atoms with Crippen molar-refractivity contribution in [1.82, 2.24) is 0 Å². The summed E-state index contributed by atoms with van der Waals surface area (Å²) in [6.07, 6.45) is 6.93. The summed E-state index contributed by atoms with van der Waals surface area (Å²) in [6.45, 7) is 2.48. The van der Waals surface area contributed by atoms with E-state index in [1.165, 1.54) is 19.3 Å². The van der Waals surface area contributed by atoms with E-state index in [1.54, 1.807) is 0 Å². The van der Waals surface area contributed by atoms with Crippen LogP contribution in [0.4, 0.5) is 5.69 Å². The number of ether oxygens (including phenoxy) is 1. The van der Waals surface area contributed by atoms with Crippen molar-refractivity contribution in [3.8, 4) is 5.75 Å². The first-order valence-corrected chi connectivity index (χ1v) is 12.8. The molecule has 0 saturated heterocycles. The standard InChI is InChI=1S/C29H33NO4/c1-18-24(13-27(31)32)25-12-23(34-17-19-5-3-2-4-6-19)7-8-26(25)30(18)28(33)29-14-20-9-21(15-29)11-22(10-20)16-29/h2-8,12,18,20-22,24H,9-11,13-17H2,1H3,(H,31,32). The highest BCUT2D eigenvalue weighted by atomic mass is 16.5. The fourth-order valence-corrected chi connectivity index (χ4v) is 7.93. The number of benzene rings is 2. The molecular formula is C29H33NO4. The molecule has 2 aromatic rings. The summed E-state index contributed by atoms with van der Waals surface area (Å²) in [5.41, 5.74) is 2.64. The minimum Gasteiger partial charge on any atom is -0.489 e. The lowest BCUT2D eigenvalue weighted by molar-refractivity contribution is -0.144. The Labute approximate surface area is 201 Å². The van der Waals surface area contributed by atoms with E-state index < -0.39 is 5.97 Å². The molecule has 178 valence electrons. The van der Waals surface area contributed by atoms with E-state index in [-0.39, 0.29) is 29.7 Å². The Morgan fingerprint density at radius 3 is 2.26 bits per heavy atom. The van der Waals surface area contributed by atoms with Gasteiger partial charge < -0.3 is 14.7 Å². The highest BCUT2D eigenvalue weighted by Crippen LogP contribution is 2.61. The van der Waals surface area contributed by atoms with Crippen LogP contribution in [0.25, 0.3) is 0 Å². The van der Waals surface area contributed by atoms with E-state index in [0.717, 1.165) is 36.1 Å². The van der Waals surface area contributed by atoms with Gasteiger partial charge >= 0.3 is 5.97 Å². The van der Waals surface area contributed by atoms with E-state index in [0.29, 0.717) is 30.1 Å². The van der Waals surface area contributed by atoms with Gasteiger partial charge in [0.25, 0.3) is 0 Å². The molecule has 5 nitrogen and oxygen atoms in total. The molecule has 2 aromatic carbocycles. The smallest absolute Gasteiger partial charge is 0.304 e. The number of carboxylic acids is 1. The molecule has 0 aromatic heterocycles. The minimum atomic E-state index is -0.831. The van der Waals surface area contributed by atoms with Gasteiger partial charge in [0.05, 0.1) is 11.8 Å². The fourth-order valence-electron chi connectivity index (χ4n) is 7.93. The topological polar surface area (TPSA) is 66.8 Å². The first-order valence-electron chi connectivity index (χ1n) is 12.8. The number of amides is 1. The number of nitrogens with zero attached hydrogens (tertiary/aromatic N) is 1. The van der Waals surface area contributed by atoms with Gasteiger partial charge in [-0.3, -0.25) is 9.59 Å². The summed E-state index contributed by atoms with van der Waals surface area (Å²) in [6, 6.07) is 15.7. The molecule has 0 radical (unpaired) electrons. The van der Waals surface area contributed by atoms with Crippen LogP contribution in [0.1, 0.15) is 68.9 Å². The second-order valence-corrected chi connectivity index (χ2v) is 11.3. The zero-order valence-electron chi connectivity index (χ0n) is 19.8. The molecule has 1 N–H and O–H groups in total. The number of rotatable bonds is 6. The monoisotopic (exact) mass is 459 g/mol. The van der Waals surface area contributed by atoms with E-state index >= 15 is 0 Å². The molecule has 5 heteroatoms. The number of carbonyl (C=O) groups is 2. The predicted molar refractivity (Wildman–Crippen MR) is 130 cm³/mol. The number of carboxylic acid groups (broad SMARTS) is 1. The Morgan fingerprint density at radius 2 is 1.65 bits per heavy atom. The van der Waals surface area contributed by atoms with Crippen molar-refractivity contribution in [1.29, 1.82) is 0 Å². The van der Waals surface area contributed by atoms with Crippen molar-refractivity contribution in [2.75, 3.05) is 4.90 Å². The van der Waals surface area contributed by atoms with Gasteiger partial charge in [-0.25, -0.2) is 0 Å². The quantitative estimate of drug-likeness (QED) is 0.595. The molecule has 4 fully saturated rings. The minimum absolute atomic E-state index is 0.0148. The maximum atomic E-state index is 14.2. The molecule has 4 bridgehead atoms. The van der Waals surface area contributed by atoms with Crippen molar-refractivity contribution in [2.24, 2.45) is 23.2 Å². The maximum Gasteiger partial charge on any atom is 0.304 e. The first kappa shape index (κ1) is 21.7. The average molecular weight is 460 g/mol. The van der Waals surface area contributed by atoms with Crippen LogP contribution in [0.15, 0.2) is 48.5 Å². The van der Waals surface area contributed by atoms with Gasteiger partial charge in [0, 0.05) is 17.6 Å². The Bertz CT molecular complexity index is 1080. The molecule has 4 aliphatic carbocycles. The molecule has 7 rings (SSSR count). The lowest BCUT2D eigenvalue weighted by Gasteiger charge is -2.56. The Morgan fingerprint density at radius 1 is 1.00 bits per heavy atom. The summed E-state index contributed by atoms with van der Waals surface area (Å²) in [5.74, 6) is 1.97. The number of aliphatic carboxylic acids is 1. The summed E-state index contributed by atoms with van der Waals surface area (Å²) < 4.78 is 6.05. The van der Waals surface area contributed by atoms with E-state index in [4.69, 9.17) is 4.74 Å². The average Bonchev–Trinajstić information content (AvgIpc) is 3.07. The Kier molecular flexibility index (Phi) is 5.20. The van der Waals surface area contributed by atoms with Crippen LogP contribution in [0.2, 0.25) is 0 Å². The molecule has 2 atom stereocenters. The lowest BCUT2D eigenvalue weighted by Crippen LogP contribution is -2.56. The SMILES string of the molecule is CC1C(CC(=O)O)c2cc(OCc3ccccc3)ccc2N1C(=O)C12CC3CC(CC(C3)C1)C2. The molecule has 1 amide bonds. The molecule has 1 heterocycles. The number of hydrogen-bond donors (Lipinski definition) is 1. The highest BCUT2D eigenvalue weighted by Gasteiger charge is 2.57. The number of hydrogen-bond acceptors (Lipinski definition) is 3. The van der Waals surface area contributed by atoms with Gasteiger partial charge in [-0.05, 0) is 92.5 Å². The molecule has 4 saturated carbocycles. The summed E-state index contributed by atoms with van der Waals surface area (Å²) in [7, 11) is 0. The second-order valence-electron chi connectivity index (χ2n) is 11.3. The molecule has 1 aliphatic heterocycles. The van der Waals surface area contributed by atoms with E-state index in [2.05, 4.69) is 0 Å². The number of carbonyl (C=O) groups excluding carboxylic acids is 1. The largest absolute Gasteiger partial charge is 0.489 e. The van der Waals surface area contributed by atoms with E-state index in [9.17, 15) is 14.7 Å². The molecule has 5 aliphatic rings. The third-order valence-electron chi connectivity index (χ3n) is 9.00. The zero-order chi connectivity index (χ0) is 23.4. The zero-order valence-corrected chi connectivity index (χ0v) is 19.8. The van der Waals surface area contributed by atoms with Crippen LogP contribution in [-0.2, 0) is 16.2 Å². The maximum absolute atomic E-state index is 14.2. The van der Waals surface area contributed by atoms with Crippen LogP contribution >= 0.6 is 0 Å². The van der Waals surface area contributed by atoms with Gasteiger partial charge in [-0.15, -0.1) is 0 Å². The van der Waals surface area contributed by atoms with Crippen molar-refractivity contribution in [3.05, 3.63) is 59.7 Å². The van der Waals surface area contributed by atoms with Crippen molar-refractivity contribution >= 4 is 17.6 Å².